The van der Waals surface area contributed by atoms with Gasteiger partial charge in [-0.05, 0) is 6.07 Å². The van der Waals surface area contributed by atoms with Crippen molar-refractivity contribution in [1.82, 2.24) is 21.0 Å². The van der Waals surface area contributed by atoms with E-state index >= 15 is 0 Å². The zero-order chi connectivity index (χ0) is 11.0. The molecule has 0 amide bonds. The number of fused-ring (bicyclic) bond motifs is 1. The summed E-state index contributed by atoms with van der Waals surface area (Å²) < 4.78 is 0. The fourth-order valence-electron chi connectivity index (χ4n) is 1.22. The van der Waals surface area contributed by atoms with Gasteiger partial charge in [-0.3, -0.25) is 5.84 Å². The number of nitrogens with one attached hydrogen (secondary N) is 2. The molecular weight excluding hydrogens is 241 g/mol. The first-order chi connectivity index (χ1) is 7.11. The van der Waals surface area contributed by atoms with Crippen LogP contribution >= 0.6 is 23.2 Å². The SMILES string of the molecule is NNN1C=c2cc(Cl)c(Cl)cc2=[N+]([O-])N1. The van der Waals surface area contributed by atoms with Crippen LogP contribution in [-0.4, -0.2) is 5.12 Å². The minimum Gasteiger partial charge on any atom is -0.594 e. The molecule has 1 aliphatic rings. The maximum atomic E-state index is 11.5. The summed E-state index contributed by atoms with van der Waals surface area (Å²) in [4.78, 5) is 0.525. The molecule has 0 aliphatic carbocycles. The van der Waals surface area contributed by atoms with Crippen molar-refractivity contribution < 1.29 is 0 Å². The number of nitrogens with two attached hydrogens (primary N) is 1. The Balaban J connectivity index is 2.72. The number of hydrazine groups is 4. The van der Waals surface area contributed by atoms with Gasteiger partial charge in [0.1, 0.15) is 0 Å². The van der Waals surface area contributed by atoms with Gasteiger partial charge < -0.3 is 5.21 Å². The van der Waals surface area contributed by atoms with E-state index in [-0.39, 0.29) is 0 Å². The van der Waals surface area contributed by atoms with Crippen molar-refractivity contribution in [2.75, 3.05) is 0 Å². The molecule has 0 fully saturated rings. The second kappa shape index (κ2) is 3.74. The van der Waals surface area contributed by atoms with Crippen LogP contribution in [0, 0.1) is 5.21 Å². The van der Waals surface area contributed by atoms with E-state index in [2.05, 4.69) is 11.1 Å². The Bertz CT molecular complexity index is 517. The Morgan fingerprint density at radius 1 is 1.40 bits per heavy atom. The topological polar surface area (TPSA) is 79.4 Å². The monoisotopic (exact) mass is 247 g/mol. The Hall–Kier alpha value is -1.21. The number of halogens is 2. The van der Waals surface area contributed by atoms with Crippen molar-refractivity contribution >= 4 is 29.4 Å². The van der Waals surface area contributed by atoms with E-state index in [0.717, 1.165) is 0 Å². The van der Waals surface area contributed by atoms with Gasteiger partial charge >= 0.3 is 0 Å². The highest BCUT2D eigenvalue weighted by molar-refractivity contribution is 6.41. The van der Waals surface area contributed by atoms with E-state index < -0.39 is 0 Å². The molecule has 6 nitrogen and oxygen atoms in total. The van der Waals surface area contributed by atoms with Crippen LogP contribution in [0.4, 0.5) is 0 Å². The highest BCUT2D eigenvalue weighted by Crippen LogP contribution is 2.16. The lowest BCUT2D eigenvalue weighted by molar-refractivity contribution is 0.164. The van der Waals surface area contributed by atoms with Crippen LogP contribution in [0.3, 0.4) is 0 Å². The molecule has 0 bridgehead atoms. The lowest BCUT2D eigenvalue weighted by Crippen LogP contribution is -2.60. The first-order valence-electron chi connectivity index (χ1n) is 3.95. The lowest BCUT2D eigenvalue weighted by Gasteiger charge is -2.20. The van der Waals surface area contributed by atoms with Crippen LogP contribution in [0.15, 0.2) is 12.1 Å². The predicted octanol–water partition coefficient (Wildman–Crippen LogP) is -1.17. The molecule has 0 atom stereocenters. The third-order valence-electron chi connectivity index (χ3n) is 1.89. The summed E-state index contributed by atoms with van der Waals surface area (Å²) in [5.74, 6) is 5.15. The first-order valence-corrected chi connectivity index (χ1v) is 4.70. The number of rotatable bonds is 1. The molecule has 2 rings (SSSR count). The minimum absolute atomic E-state index is 0.320. The fraction of sp³-hybridized carbons (Fsp3) is 0. The van der Waals surface area contributed by atoms with Crippen LogP contribution in [0.25, 0.3) is 6.20 Å². The zero-order valence-corrected chi connectivity index (χ0v) is 8.88. The quantitative estimate of drug-likeness (QED) is 0.253. The summed E-state index contributed by atoms with van der Waals surface area (Å²) in [5.41, 5.74) is 4.64. The standard InChI is InChI=1S/C7H7Cl2N5O/c8-5-1-4-3-13(11-10)12-14(15)7(4)2-6(5)9/h1-3,11-12H,10H2. The molecule has 15 heavy (non-hydrogen) atoms. The average Bonchev–Trinajstić information content (AvgIpc) is 2.21. The summed E-state index contributed by atoms with van der Waals surface area (Å²) in [6.07, 6.45) is 1.58. The number of benzene rings is 1. The van der Waals surface area contributed by atoms with Gasteiger partial charge in [0.05, 0.1) is 21.5 Å². The lowest BCUT2D eigenvalue weighted by atomic mass is 10.3. The van der Waals surface area contributed by atoms with Crippen LogP contribution in [0.2, 0.25) is 10.0 Å². The van der Waals surface area contributed by atoms with E-state index in [9.17, 15) is 5.21 Å². The third kappa shape index (κ3) is 1.80. The number of nitrogens with zero attached hydrogens (tertiary/aromatic N) is 2. The largest absolute Gasteiger partial charge is 0.594 e. The number of hydrogen-bond acceptors (Lipinski definition) is 5. The van der Waals surface area contributed by atoms with E-state index in [1.54, 1.807) is 12.3 Å². The Labute approximate surface area is 94.6 Å². The van der Waals surface area contributed by atoms with Gasteiger partial charge in [-0.15, -0.1) is 5.53 Å². The molecule has 0 saturated carbocycles. The van der Waals surface area contributed by atoms with E-state index in [1.165, 1.54) is 11.2 Å². The van der Waals surface area contributed by atoms with E-state index in [1.807, 2.05) is 0 Å². The van der Waals surface area contributed by atoms with Gasteiger partial charge in [0.15, 0.2) is 0 Å². The average molecular weight is 248 g/mol. The Morgan fingerprint density at radius 3 is 2.73 bits per heavy atom. The molecule has 80 valence electrons. The summed E-state index contributed by atoms with van der Waals surface area (Å²) >= 11 is 11.6. The molecule has 0 aromatic heterocycles. The van der Waals surface area contributed by atoms with Crippen LogP contribution in [0.5, 0.6) is 0 Å². The summed E-state index contributed by atoms with van der Waals surface area (Å²) in [6, 6.07) is 3.05. The maximum absolute atomic E-state index is 11.5. The van der Waals surface area contributed by atoms with Crippen molar-refractivity contribution in [3.05, 3.63) is 38.0 Å². The van der Waals surface area contributed by atoms with E-state index in [4.69, 9.17) is 29.0 Å². The molecule has 8 heteroatoms. The highest BCUT2D eigenvalue weighted by atomic mass is 35.5. The third-order valence-corrected chi connectivity index (χ3v) is 2.62. The predicted molar refractivity (Wildman–Crippen MR) is 57.1 cm³/mol. The highest BCUT2D eigenvalue weighted by Gasteiger charge is 2.12. The van der Waals surface area contributed by atoms with Crippen molar-refractivity contribution in [1.29, 1.82) is 0 Å². The number of hydrogen-bond donors (Lipinski definition) is 3. The van der Waals surface area contributed by atoms with Crippen molar-refractivity contribution in [2.24, 2.45) is 5.84 Å². The second-order valence-electron chi connectivity index (χ2n) is 2.85. The summed E-state index contributed by atoms with van der Waals surface area (Å²) in [5, 5.41) is 14.3. The molecular formula is C7H7Cl2N5O. The van der Waals surface area contributed by atoms with Gasteiger partial charge in [-0.2, -0.15) is 5.12 Å². The molecule has 1 heterocycles. The molecule has 4 N–H and O–H groups in total. The summed E-state index contributed by atoms with van der Waals surface area (Å²) in [6.45, 7) is 0. The maximum Gasteiger partial charge on any atom is 0.254 e. The van der Waals surface area contributed by atoms with Crippen LogP contribution in [0.1, 0.15) is 0 Å². The molecule has 0 saturated heterocycles. The first kappa shape index (κ1) is 10.3. The molecule has 1 aromatic carbocycles. The van der Waals surface area contributed by atoms with Gasteiger partial charge in [-0.1, -0.05) is 33.6 Å². The van der Waals surface area contributed by atoms with Crippen LogP contribution in [-0.2, 0) is 0 Å². The van der Waals surface area contributed by atoms with Crippen LogP contribution < -0.4 is 32.3 Å². The molecule has 0 radical (unpaired) electrons. The Morgan fingerprint density at radius 2 is 2.07 bits per heavy atom. The van der Waals surface area contributed by atoms with E-state index in [0.29, 0.717) is 25.5 Å². The normalized spacial score (nSPS) is 14.3. The fourth-order valence-corrected chi connectivity index (χ4v) is 1.55. The molecule has 0 spiro atoms. The molecule has 1 aromatic rings. The molecule has 0 unspecified atom stereocenters. The summed E-state index contributed by atoms with van der Waals surface area (Å²) in [7, 11) is 0. The van der Waals surface area contributed by atoms with Crippen molar-refractivity contribution in [3.8, 4) is 0 Å². The van der Waals surface area contributed by atoms with Gasteiger partial charge in [0.2, 0.25) is 0 Å². The molecule has 1 aliphatic heterocycles. The van der Waals surface area contributed by atoms with Gasteiger partial charge in [-0.25, -0.2) is 0 Å². The smallest absolute Gasteiger partial charge is 0.254 e. The van der Waals surface area contributed by atoms with Gasteiger partial charge in [0.25, 0.3) is 5.36 Å². The Kier molecular flexibility index (Phi) is 2.57. The van der Waals surface area contributed by atoms with Crippen molar-refractivity contribution in [2.45, 2.75) is 0 Å². The zero-order valence-electron chi connectivity index (χ0n) is 7.37. The van der Waals surface area contributed by atoms with Gasteiger partial charge in [0, 0.05) is 6.07 Å². The second-order valence-corrected chi connectivity index (χ2v) is 3.66. The minimum atomic E-state index is 0.320. The van der Waals surface area contributed by atoms with Crippen molar-refractivity contribution in [3.63, 3.8) is 0 Å².